The molecule has 1 N–H and O–H groups in total. The van der Waals surface area contributed by atoms with E-state index < -0.39 is 0 Å². The zero-order chi connectivity index (χ0) is 10.7. The Kier molecular flexibility index (Phi) is 3.33. The van der Waals surface area contributed by atoms with Crippen LogP contribution in [-0.4, -0.2) is 44.0 Å². The zero-order valence-electron chi connectivity index (χ0n) is 9.13. The van der Waals surface area contributed by atoms with Crippen molar-refractivity contribution in [2.24, 2.45) is 0 Å². The number of aromatic nitrogens is 3. The average molecular weight is 210 g/mol. The lowest BCUT2D eigenvalue weighted by atomic mass is 10.3. The molecule has 84 valence electrons. The zero-order valence-corrected chi connectivity index (χ0v) is 9.13. The van der Waals surface area contributed by atoms with E-state index in [0.717, 1.165) is 44.8 Å². The van der Waals surface area contributed by atoms with Gasteiger partial charge in [-0.15, -0.1) is 0 Å². The second-order valence-corrected chi connectivity index (χ2v) is 4.08. The van der Waals surface area contributed by atoms with Gasteiger partial charge >= 0.3 is 0 Å². The lowest BCUT2D eigenvalue weighted by Crippen LogP contribution is -2.24. The number of nitrogens with zero attached hydrogens (tertiary/aromatic N) is 4. The summed E-state index contributed by atoms with van der Waals surface area (Å²) >= 11 is 0. The van der Waals surface area contributed by atoms with Crippen LogP contribution in [0.4, 0.5) is 0 Å². The van der Waals surface area contributed by atoms with Crippen molar-refractivity contribution in [2.45, 2.75) is 39.0 Å². The van der Waals surface area contributed by atoms with Crippen molar-refractivity contribution in [2.75, 3.05) is 13.1 Å². The molecule has 0 saturated carbocycles. The molecular weight excluding hydrogens is 192 g/mol. The molecule has 2 heterocycles. The van der Waals surface area contributed by atoms with E-state index in [1.54, 1.807) is 6.33 Å². The standard InChI is InChI=1S/C10H18N4O/c1-2-4-14-10(11-8-12-14)7-13-5-3-9(15)6-13/h8-9,15H,2-7H2,1H3/t9-/m0/s1. The van der Waals surface area contributed by atoms with Crippen LogP contribution in [0.15, 0.2) is 6.33 Å². The second-order valence-electron chi connectivity index (χ2n) is 4.08. The molecule has 0 aliphatic carbocycles. The number of β-amino-alcohol motifs (C(OH)–C–C–N with tert-alkyl or cyclic N) is 1. The minimum absolute atomic E-state index is 0.160. The summed E-state index contributed by atoms with van der Waals surface area (Å²) in [6, 6.07) is 0. The second kappa shape index (κ2) is 4.72. The van der Waals surface area contributed by atoms with Crippen LogP contribution in [0, 0.1) is 0 Å². The molecular formula is C10H18N4O. The van der Waals surface area contributed by atoms with Crippen LogP contribution in [0.1, 0.15) is 25.6 Å². The first-order valence-corrected chi connectivity index (χ1v) is 5.56. The minimum atomic E-state index is -0.160. The van der Waals surface area contributed by atoms with Crippen LogP contribution in [0.2, 0.25) is 0 Å². The molecule has 15 heavy (non-hydrogen) atoms. The van der Waals surface area contributed by atoms with Gasteiger partial charge in [0, 0.05) is 19.6 Å². The van der Waals surface area contributed by atoms with Gasteiger partial charge in [0.2, 0.25) is 0 Å². The first kappa shape index (κ1) is 10.6. The number of hydrogen-bond donors (Lipinski definition) is 1. The maximum absolute atomic E-state index is 9.42. The van der Waals surface area contributed by atoms with Gasteiger partial charge in [-0.3, -0.25) is 4.90 Å². The van der Waals surface area contributed by atoms with Crippen LogP contribution in [0.25, 0.3) is 0 Å². The number of aliphatic hydroxyl groups excluding tert-OH is 1. The van der Waals surface area contributed by atoms with Gasteiger partial charge in [-0.25, -0.2) is 9.67 Å². The van der Waals surface area contributed by atoms with Crippen molar-refractivity contribution < 1.29 is 5.11 Å². The van der Waals surface area contributed by atoms with Crippen molar-refractivity contribution >= 4 is 0 Å². The molecule has 1 aromatic heterocycles. The van der Waals surface area contributed by atoms with Crippen LogP contribution in [-0.2, 0) is 13.1 Å². The number of hydrogen-bond acceptors (Lipinski definition) is 4. The Bertz CT molecular complexity index is 312. The van der Waals surface area contributed by atoms with E-state index in [0.29, 0.717) is 0 Å². The van der Waals surface area contributed by atoms with Crippen LogP contribution >= 0.6 is 0 Å². The van der Waals surface area contributed by atoms with Gasteiger partial charge in [-0.1, -0.05) is 6.92 Å². The third kappa shape index (κ3) is 2.54. The number of aryl methyl sites for hydroxylation is 1. The van der Waals surface area contributed by atoms with Crippen molar-refractivity contribution in [3.8, 4) is 0 Å². The first-order valence-electron chi connectivity index (χ1n) is 5.56. The monoisotopic (exact) mass is 210 g/mol. The lowest BCUT2D eigenvalue weighted by molar-refractivity contribution is 0.173. The fourth-order valence-electron chi connectivity index (χ4n) is 1.96. The molecule has 0 amide bonds. The molecule has 1 saturated heterocycles. The summed E-state index contributed by atoms with van der Waals surface area (Å²) in [7, 11) is 0. The molecule has 1 aliphatic heterocycles. The van der Waals surface area contributed by atoms with Gasteiger partial charge < -0.3 is 5.11 Å². The van der Waals surface area contributed by atoms with E-state index in [-0.39, 0.29) is 6.10 Å². The summed E-state index contributed by atoms with van der Waals surface area (Å²) in [6.07, 6.45) is 3.39. The third-order valence-electron chi connectivity index (χ3n) is 2.74. The normalized spacial score (nSPS) is 22.4. The number of likely N-dealkylation sites (tertiary alicyclic amines) is 1. The van der Waals surface area contributed by atoms with E-state index in [4.69, 9.17) is 0 Å². The molecule has 1 atom stereocenters. The highest BCUT2D eigenvalue weighted by Crippen LogP contribution is 2.11. The Labute approximate surface area is 89.7 Å². The lowest BCUT2D eigenvalue weighted by Gasteiger charge is -2.14. The summed E-state index contributed by atoms with van der Waals surface area (Å²) in [5, 5.41) is 13.6. The number of aliphatic hydroxyl groups is 1. The number of rotatable bonds is 4. The van der Waals surface area contributed by atoms with Gasteiger partial charge in [0.15, 0.2) is 0 Å². The van der Waals surface area contributed by atoms with E-state index in [9.17, 15) is 5.11 Å². The predicted molar refractivity (Wildman–Crippen MR) is 56.2 cm³/mol. The Morgan fingerprint density at radius 1 is 1.60 bits per heavy atom. The maximum Gasteiger partial charge on any atom is 0.141 e. The van der Waals surface area contributed by atoms with Crippen molar-refractivity contribution in [1.29, 1.82) is 0 Å². The molecule has 0 aromatic carbocycles. The van der Waals surface area contributed by atoms with Gasteiger partial charge in [0.25, 0.3) is 0 Å². The summed E-state index contributed by atoms with van der Waals surface area (Å²) in [5.74, 6) is 1.01. The Morgan fingerprint density at radius 3 is 3.13 bits per heavy atom. The van der Waals surface area contributed by atoms with Crippen molar-refractivity contribution in [1.82, 2.24) is 19.7 Å². The maximum atomic E-state index is 9.42. The highest BCUT2D eigenvalue weighted by Gasteiger charge is 2.21. The van der Waals surface area contributed by atoms with Gasteiger partial charge in [0.1, 0.15) is 12.2 Å². The molecule has 0 bridgehead atoms. The molecule has 1 fully saturated rings. The SMILES string of the molecule is CCCn1ncnc1CN1CC[C@H](O)C1. The van der Waals surface area contributed by atoms with Gasteiger partial charge in [-0.2, -0.15) is 5.10 Å². The summed E-state index contributed by atoms with van der Waals surface area (Å²) < 4.78 is 1.95. The van der Waals surface area contributed by atoms with Crippen LogP contribution in [0.3, 0.4) is 0 Å². The van der Waals surface area contributed by atoms with E-state index in [1.165, 1.54) is 0 Å². The Hall–Kier alpha value is -0.940. The van der Waals surface area contributed by atoms with Crippen molar-refractivity contribution in [3.05, 3.63) is 12.2 Å². The molecule has 0 radical (unpaired) electrons. The van der Waals surface area contributed by atoms with Crippen LogP contribution in [0.5, 0.6) is 0 Å². The summed E-state index contributed by atoms with van der Waals surface area (Å²) in [4.78, 5) is 6.47. The Balaban J connectivity index is 1.95. The Morgan fingerprint density at radius 2 is 2.47 bits per heavy atom. The quantitative estimate of drug-likeness (QED) is 0.774. The fraction of sp³-hybridized carbons (Fsp3) is 0.800. The van der Waals surface area contributed by atoms with Crippen LogP contribution < -0.4 is 0 Å². The molecule has 5 nitrogen and oxygen atoms in total. The first-order chi connectivity index (χ1) is 7.29. The highest BCUT2D eigenvalue weighted by molar-refractivity contribution is 4.87. The van der Waals surface area contributed by atoms with E-state index in [1.807, 2.05) is 4.68 Å². The molecule has 2 rings (SSSR count). The minimum Gasteiger partial charge on any atom is -0.392 e. The van der Waals surface area contributed by atoms with E-state index >= 15 is 0 Å². The smallest absolute Gasteiger partial charge is 0.141 e. The highest BCUT2D eigenvalue weighted by atomic mass is 16.3. The third-order valence-corrected chi connectivity index (χ3v) is 2.74. The topological polar surface area (TPSA) is 54.2 Å². The fourth-order valence-corrected chi connectivity index (χ4v) is 1.96. The molecule has 0 unspecified atom stereocenters. The molecule has 1 aromatic rings. The van der Waals surface area contributed by atoms with Crippen molar-refractivity contribution in [3.63, 3.8) is 0 Å². The average Bonchev–Trinajstić information content (AvgIpc) is 2.78. The predicted octanol–water partition coefficient (Wildman–Crippen LogP) is 0.255. The molecule has 0 spiro atoms. The summed E-state index contributed by atoms with van der Waals surface area (Å²) in [6.45, 7) is 5.58. The summed E-state index contributed by atoms with van der Waals surface area (Å²) in [5.41, 5.74) is 0. The molecule has 5 heteroatoms. The largest absolute Gasteiger partial charge is 0.392 e. The van der Waals surface area contributed by atoms with Gasteiger partial charge in [0.05, 0.1) is 12.6 Å². The van der Waals surface area contributed by atoms with E-state index in [2.05, 4.69) is 21.9 Å². The van der Waals surface area contributed by atoms with Gasteiger partial charge in [-0.05, 0) is 12.8 Å². The molecule has 1 aliphatic rings.